The molecule has 0 saturated carbocycles. The van der Waals surface area contributed by atoms with Gasteiger partial charge in [-0.2, -0.15) is 4.98 Å². The van der Waals surface area contributed by atoms with Gasteiger partial charge in [0.25, 0.3) is 0 Å². The largest absolute Gasteiger partial charge is 0.368 e. The molecule has 3 N–H and O–H groups in total. The van der Waals surface area contributed by atoms with Crippen LogP contribution in [-0.2, 0) is 13.0 Å². The molecule has 0 bridgehead atoms. The molecule has 112 valence electrons. The molecule has 3 aromatic rings. The lowest BCUT2D eigenvalue weighted by Crippen LogP contribution is -2.31. The van der Waals surface area contributed by atoms with E-state index in [-0.39, 0.29) is 5.95 Å². The zero-order chi connectivity index (χ0) is 15.3. The van der Waals surface area contributed by atoms with E-state index in [1.165, 1.54) is 27.7 Å². The van der Waals surface area contributed by atoms with E-state index in [0.29, 0.717) is 5.15 Å². The first-order valence-corrected chi connectivity index (χ1v) is 7.63. The van der Waals surface area contributed by atoms with E-state index < -0.39 is 0 Å². The zero-order valence-electron chi connectivity index (χ0n) is 12.2. The smallest absolute Gasteiger partial charge is 0.223 e. The van der Waals surface area contributed by atoms with E-state index >= 15 is 0 Å². The Hall–Kier alpha value is -2.27. The predicted molar refractivity (Wildman–Crippen MR) is 89.2 cm³/mol. The molecule has 0 radical (unpaired) electrons. The van der Waals surface area contributed by atoms with Crippen LogP contribution in [0.5, 0.6) is 0 Å². The summed E-state index contributed by atoms with van der Waals surface area (Å²) >= 11 is 6.00. The van der Waals surface area contributed by atoms with Gasteiger partial charge >= 0.3 is 0 Å². The van der Waals surface area contributed by atoms with E-state index in [1.807, 2.05) is 0 Å². The molecule has 0 aliphatic carbocycles. The fourth-order valence-corrected chi connectivity index (χ4v) is 3.29. The average Bonchev–Trinajstić information content (AvgIpc) is 2.83. The number of halogens is 1. The standard InChI is InChI=1S/C16H16ClN5/c1-9-2-3-12-10(6-9)11-8-22(5-4-13(11)19-12)15-7-14(17)20-16(18)21-15/h2-3,6-7,19H,4-5,8H2,1H3,(H2,18,20,21). The second kappa shape index (κ2) is 4.88. The number of nitrogens with one attached hydrogen (secondary N) is 1. The molecule has 1 aliphatic heterocycles. The van der Waals surface area contributed by atoms with E-state index in [0.717, 1.165) is 25.3 Å². The molecule has 2 aromatic heterocycles. The first-order valence-electron chi connectivity index (χ1n) is 7.25. The lowest BCUT2D eigenvalue weighted by Gasteiger charge is -2.28. The van der Waals surface area contributed by atoms with Crippen molar-refractivity contribution in [2.45, 2.75) is 19.9 Å². The minimum Gasteiger partial charge on any atom is -0.368 e. The molecule has 6 heteroatoms. The molecule has 0 saturated heterocycles. The molecular formula is C16H16ClN5. The minimum absolute atomic E-state index is 0.211. The van der Waals surface area contributed by atoms with Gasteiger partial charge in [-0.05, 0) is 19.1 Å². The molecule has 0 atom stereocenters. The summed E-state index contributed by atoms with van der Waals surface area (Å²) in [7, 11) is 0. The highest BCUT2D eigenvalue weighted by Crippen LogP contribution is 2.30. The summed E-state index contributed by atoms with van der Waals surface area (Å²) in [6, 6.07) is 8.28. The van der Waals surface area contributed by atoms with Crippen molar-refractivity contribution in [2.75, 3.05) is 17.2 Å². The van der Waals surface area contributed by atoms with Gasteiger partial charge in [-0.15, -0.1) is 0 Å². The minimum atomic E-state index is 0.211. The van der Waals surface area contributed by atoms with Crippen molar-refractivity contribution < 1.29 is 0 Å². The van der Waals surface area contributed by atoms with Gasteiger partial charge in [0.05, 0.1) is 0 Å². The molecule has 4 rings (SSSR count). The number of nitrogens with zero attached hydrogens (tertiary/aromatic N) is 3. The van der Waals surface area contributed by atoms with Gasteiger partial charge in [-0.1, -0.05) is 23.2 Å². The van der Waals surface area contributed by atoms with Crippen molar-refractivity contribution in [2.24, 2.45) is 0 Å². The summed E-state index contributed by atoms with van der Waals surface area (Å²) in [4.78, 5) is 14.0. The monoisotopic (exact) mass is 313 g/mol. The summed E-state index contributed by atoms with van der Waals surface area (Å²) < 4.78 is 0. The highest BCUT2D eigenvalue weighted by Gasteiger charge is 2.22. The van der Waals surface area contributed by atoms with E-state index in [1.54, 1.807) is 6.07 Å². The summed E-state index contributed by atoms with van der Waals surface area (Å²) in [5.41, 5.74) is 10.8. The Morgan fingerprint density at radius 1 is 1.27 bits per heavy atom. The number of aryl methyl sites for hydroxylation is 1. The summed E-state index contributed by atoms with van der Waals surface area (Å²) in [6.07, 6.45) is 0.949. The third kappa shape index (κ3) is 2.18. The normalized spacial score (nSPS) is 14.4. The van der Waals surface area contributed by atoms with Gasteiger partial charge < -0.3 is 15.6 Å². The average molecular weight is 314 g/mol. The number of H-pyrrole nitrogens is 1. The van der Waals surface area contributed by atoms with Crippen LogP contribution in [0.25, 0.3) is 10.9 Å². The maximum atomic E-state index is 6.00. The number of hydrogen-bond donors (Lipinski definition) is 2. The number of nitrogen functional groups attached to an aromatic ring is 1. The first kappa shape index (κ1) is 13.4. The SMILES string of the molecule is Cc1ccc2[nH]c3c(c2c1)CN(c1cc(Cl)nc(N)n1)CC3. The molecule has 0 fully saturated rings. The predicted octanol–water partition coefficient (Wildman–Crippen LogP) is 3.06. The van der Waals surface area contributed by atoms with Crippen LogP contribution in [0.4, 0.5) is 11.8 Å². The molecule has 0 spiro atoms. The van der Waals surface area contributed by atoms with Crippen LogP contribution in [0.1, 0.15) is 16.8 Å². The number of aromatic amines is 1. The van der Waals surface area contributed by atoms with Gasteiger partial charge in [0.2, 0.25) is 5.95 Å². The maximum Gasteiger partial charge on any atom is 0.223 e. The number of anilines is 2. The highest BCUT2D eigenvalue weighted by atomic mass is 35.5. The number of rotatable bonds is 1. The molecule has 22 heavy (non-hydrogen) atoms. The van der Waals surface area contributed by atoms with Gasteiger partial charge in [0, 0.05) is 47.7 Å². The summed E-state index contributed by atoms with van der Waals surface area (Å²) in [6.45, 7) is 3.79. The quantitative estimate of drug-likeness (QED) is 0.677. The Morgan fingerprint density at radius 3 is 2.95 bits per heavy atom. The number of nitrogens with two attached hydrogens (primary N) is 1. The van der Waals surface area contributed by atoms with Crippen molar-refractivity contribution in [1.82, 2.24) is 15.0 Å². The van der Waals surface area contributed by atoms with Gasteiger partial charge in [0.1, 0.15) is 11.0 Å². The second-order valence-corrected chi connectivity index (χ2v) is 6.10. The third-order valence-electron chi connectivity index (χ3n) is 4.15. The van der Waals surface area contributed by atoms with Crippen LogP contribution in [0.15, 0.2) is 24.3 Å². The van der Waals surface area contributed by atoms with Crippen molar-refractivity contribution in [3.05, 3.63) is 46.2 Å². The summed E-state index contributed by atoms with van der Waals surface area (Å²) in [5, 5.41) is 1.66. The summed E-state index contributed by atoms with van der Waals surface area (Å²) in [5.74, 6) is 0.994. The van der Waals surface area contributed by atoms with Crippen molar-refractivity contribution in [3.63, 3.8) is 0 Å². The third-order valence-corrected chi connectivity index (χ3v) is 4.35. The number of hydrogen-bond acceptors (Lipinski definition) is 4. The van der Waals surface area contributed by atoms with Gasteiger partial charge in [-0.25, -0.2) is 4.98 Å². The molecular weight excluding hydrogens is 298 g/mol. The van der Waals surface area contributed by atoms with Gasteiger partial charge in [0.15, 0.2) is 0 Å². The number of aromatic nitrogens is 3. The van der Waals surface area contributed by atoms with E-state index in [4.69, 9.17) is 17.3 Å². The lowest BCUT2D eigenvalue weighted by atomic mass is 10.0. The van der Waals surface area contributed by atoms with Crippen LogP contribution in [0.2, 0.25) is 5.15 Å². The van der Waals surface area contributed by atoms with E-state index in [2.05, 4.69) is 45.0 Å². The Balaban J connectivity index is 1.77. The van der Waals surface area contributed by atoms with Crippen LogP contribution >= 0.6 is 11.6 Å². The molecule has 5 nitrogen and oxygen atoms in total. The molecule has 0 unspecified atom stereocenters. The van der Waals surface area contributed by atoms with Crippen LogP contribution < -0.4 is 10.6 Å². The fourth-order valence-electron chi connectivity index (χ4n) is 3.11. The van der Waals surface area contributed by atoms with Crippen molar-refractivity contribution in [1.29, 1.82) is 0 Å². The zero-order valence-corrected chi connectivity index (χ0v) is 13.0. The molecule has 3 heterocycles. The second-order valence-electron chi connectivity index (χ2n) is 5.71. The molecule has 0 amide bonds. The Morgan fingerprint density at radius 2 is 2.14 bits per heavy atom. The van der Waals surface area contributed by atoms with Crippen LogP contribution in [0, 0.1) is 6.92 Å². The first-order chi connectivity index (χ1) is 10.6. The highest BCUT2D eigenvalue weighted by molar-refractivity contribution is 6.29. The van der Waals surface area contributed by atoms with Crippen molar-refractivity contribution >= 4 is 34.3 Å². The Kier molecular flexibility index (Phi) is 2.97. The van der Waals surface area contributed by atoms with Crippen LogP contribution in [0.3, 0.4) is 0 Å². The van der Waals surface area contributed by atoms with Gasteiger partial charge in [-0.3, -0.25) is 0 Å². The number of benzene rings is 1. The van der Waals surface area contributed by atoms with Crippen LogP contribution in [-0.4, -0.2) is 21.5 Å². The Labute approximate surface area is 133 Å². The van der Waals surface area contributed by atoms with E-state index in [9.17, 15) is 0 Å². The topological polar surface area (TPSA) is 70.8 Å². The van der Waals surface area contributed by atoms with Crippen molar-refractivity contribution in [3.8, 4) is 0 Å². The number of fused-ring (bicyclic) bond motifs is 3. The molecule has 1 aliphatic rings. The maximum absolute atomic E-state index is 6.00. The fraction of sp³-hybridized carbons (Fsp3) is 0.250. The molecule has 1 aromatic carbocycles. The lowest BCUT2D eigenvalue weighted by molar-refractivity contribution is 0.715. The Bertz CT molecular complexity index is 850.